The molecule has 0 aliphatic carbocycles. The second kappa shape index (κ2) is 11.2. The molecule has 0 aliphatic rings. The van der Waals surface area contributed by atoms with Crippen molar-refractivity contribution in [3.8, 4) is 22.8 Å². The summed E-state index contributed by atoms with van der Waals surface area (Å²) in [5.41, 5.74) is 17.6. The lowest BCUT2D eigenvalue weighted by Crippen LogP contribution is -2.10. The van der Waals surface area contributed by atoms with Gasteiger partial charge in [0.1, 0.15) is 23.3 Å². The molecular formula is C22H22Cl4N8. The Hall–Kier alpha value is -3.30. The Morgan fingerprint density at radius 2 is 0.941 bits per heavy atom. The van der Waals surface area contributed by atoms with Crippen LogP contribution in [0.25, 0.3) is 44.8 Å². The summed E-state index contributed by atoms with van der Waals surface area (Å²) >= 11 is 0. The second-order valence-corrected chi connectivity index (χ2v) is 7.04. The molecule has 0 saturated carbocycles. The van der Waals surface area contributed by atoms with Crippen LogP contribution in [0.4, 0.5) is 0 Å². The smallest absolute Gasteiger partial charge is 0.138 e. The normalized spacial score (nSPS) is 9.88. The minimum atomic E-state index is 0. The van der Waals surface area contributed by atoms with Crippen LogP contribution in [0.3, 0.4) is 0 Å². The average Bonchev–Trinajstić information content (AvgIpc) is 3.36. The van der Waals surface area contributed by atoms with Gasteiger partial charge in [-0.15, -0.1) is 49.6 Å². The number of nitrogens with zero attached hydrogens (tertiary/aromatic N) is 2. The summed E-state index contributed by atoms with van der Waals surface area (Å²) in [4.78, 5) is 15.8. The van der Waals surface area contributed by atoms with Crippen molar-refractivity contribution in [3.05, 3.63) is 71.8 Å². The molecule has 0 bridgehead atoms. The number of nitrogen functional groups attached to an aromatic ring is 2. The van der Waals surface area contributed by atoms with Crippen molar-refractivity contribution >= 4 is 83.4 Å². The van der Waals surface area contributed by atoms with Crippen LogP contribution in [-0.4, -0.2) is 31.6 Å². The van der Waals surface area contributed by atoms with E-state index in [1.54, 1.807) is 12.1 Å². The Morgan fingerprint density at radius 3 is 1.26 bits per heavy atom. The van der Waals surface area contributed by atoms with Gasteiger partial charge in [0.25, 0.3) is 0 Å². The number of fused-ring (bicyclic) bond motifs is 2. The number of imidazole rings is 2. The van der Waals surface area contributed by atoms with E-state index < -0.39 is 0 Å². The van der Waals surface area contributed by atoms with Crippen LogP contribution in [0.2, 0.25) is 0 Å². The fraction of sp³-hybridized carbons (Fsp3) is 0. The molecule has 12 heteroatoms. The summed E-state index contributed by atoms with van der Waals surface area (Å²) in [5, 5.41) is 15.2. The number of hydrogen-bond acceptors (Lipinski definition) is 4. The highest BCUT2D eigenvalue weighted by atomic mass is 35.5. The maximum absolute atomic E-state index is 7.58. The fourth-order valence-corrected chi connectivity index (χ4v) is 3.41. The van der Waals surface area contributed by atoms with E-state index >= 15 is 0 Å². The van der Waals surface area contributed by atoms with Crippen LogP contribution in [0.5, 0.6) is 0 Å². The highest BCUT2D eigenvalue weighted by Gasteiger charge is 2.10. The molecule has 5 aromatic rings. The van der Waals surface area contributed by atoms with Gasteiger partial charge in [0, 0.05) is 22.3 Å². The van der Waals surface area contributed by atoms with Crippen molar-refractivity contribution < 1.29 is 0 Å². The molecule has 8 N–H and O–H groups in total. The number of hydrogen-bond donors (Lipinski definition) is 6. The van der Waals surface area contributed by atoms with E-state index in [9.17, 15) is 0 Å². The van der Waals surface area contributed by atoms with Gasteiger partial charge in [-0.3, -0.25) is 10.8 Å². The van der Waals surface area contributed by atoms with Gasteiger partial charge in [-0.05, 0) is 36.4 Å². The lowest BCUT2D eigenvalue weighted by Gasteiger charge is -1.99. The Morgan fingerprint density at radius 1 is 0.588 bits per heavy atom. The number of aromatic nitrogens is 4. The maximum Gasteiger partial charge on any atom is 0.138 e. The zero-order valence-electron chi connectivity index (χ0n) is 17.5. The molecule has 0 unspecified atom stereocenters. The monoisotopic (exact) mass is 538 g/mol. The summed E-state index contributed by atoms with van der Waals surface area (Å²) in [5.74, 6) is 1.54. The Kier molecular flexibility index (Phi) is 9.48. The number of benzene rings is 3. The minimum absolute atomic E-state index is 0. The molecule has 0 amide bonds. The molecule has 0 fully saturated rings. The Labute approximate surface area is 219 Å². The molecule has 178 valence electrons. The summed E-state index contributed by atoms with van der Waals surface area (Å²) in [6, 6.07) is 18.8. The molecule has 2 aromatic heterocycles. The highest BCUT2D eigenvalue weighted by molar-refractivity contribution is 5.99. The zero-order chi connectivity index (χ0) is 20.8. The average molecular weight is 540 g/mol. The molecule has 3 aromatic carbocycles. The molecule has 0 spiro atoms. The van der Waals surface area contributed by atoms with Crippen LogP contribution in [0.15, 0.2) is 60.7 Å². The topological polar surface area (TPSA) is 157 Å². The third-order valence-corrected chi connectivity index (χ3v) is 5.02. The van der Waals surface area contributed by atoms with Crippen LogP contribution < -0.4 is 11.5 Å². The van der Waals surface area contributed by atoms with Gasteiger partial charge in [-0.2, -0.15) is 0 Å². The van der Waals surface area contributed by atoms with Crippen molar-refractivity contribution in [3.63, 3.8) is 0 Å². The first-order valence-electron chi connectivity index (χ1n) is 9.27. The third kappa shape index (κ3) is 5.26. The number of aromatic amines is 2. The maximum atomic E-state index is 7.58. The lowest BCUT2D eigenvalue weighted by molar-refractivity contribution is 1.32. The predicted molar refractivity (Wildman–Crippen MR) is 148 cm³/mol. The molecular weight excluding hydrogens is 518 g/mol. The lowest BCUT2D eigenvalue weighted by atomic mass is 10.1. The van der Waals surface area contributed by atoms with Gasteiger partial charge in [0.2, 0.25) is 0 Å². The number of rotatable bonds is 4. The highest BCUT2D eigenvalue weighted by Crippen LogP contribution is 2.26. The molecule has 8 nitrogen and oxygen atoms in total. The first-order valence-corrected chi connectivity index (χ1v) is 9.27. The Balaban J connectivity index is 0.00000144. The van der Waals surface area contributed by atoms with Gasteiger partial charge in [-0.1, -0.05) is 24.3 Å². The second-order valence-electron chi connectivity index (χ2n) is 7.04. The Bertz CT molecular complexity index is 1350. The van der Waals surface area contributed by atoms with Gasteiger partial charge in [0.05, 0.1) is 22.1 Å². The summed E-state index contributed by atoms with van der Waals surface area (Å²) < 4.78 is 0. The summed E-state index contributed by atoms with van der Waals surface area (Å²) in [6.45, 7) is 0. The van der Waals surface area contributed by atoms with Crippen molar-refractivity contribution in [2.24, 2.45) is 11.5 Å². The van der Waals surface area contributed by atoms with Crippen LogP contribution in [0, 0.1) is 10.8 Å². The SMILES string of the molecule is Cl.Cl.Cl.Cl.N=C(N)c1ccc2nc(-c3ccc(-c4nc5ccc(C(=N)N)cc5[nH]4)cc3)[nH]c2c1. The molecule has 0 radical (unpaired) electrons. The van der Waals surface area contributed by atoms with E-state index in [2.05, 4.69) is 19.9 Å². The van der Waals surface area contributed by atoms with Crippen LogP contribution >= 0.6 is 49.6 Å². The van der Waals surface area contributed by atoms with Crippen LogP contribution in [-0.2, 0) is 0 Å². The van der Waals surface area contributed by atoms with Gasteiger partial charge in [-0.25, -0.2) is 9.97 Å². The van der Waals surface area contributed by atoms with E-state index in [-0.39, 0.29) is 61.3 Å². The minimum Gasteiger partial charge on any atom is -0.384 e. The number of nitrogens with one attached hydrogen (secondary N) is 4. The van der Waals surface area contributed by atoms with Gasteiger partial charge < -0.3 is 21.4 Å². The number of H-pyrrole nitrogens is 2. The number of halogens is 4. The summed E-state index contributed by atoms with van der Waals surface area (Å²) in [7, 11) is 0. The third-order valence-electron chi connectivity index (χ3n) is 5.02. The van der Waals surface area contributed by atoms with E-state index in [0.29, 0.717) is 11.1 Å². The largest absolute Gasteiger partial charge is 0.384 e. The summed E-state index contributed by atoms with van der Waals surface area (Å²) in [6.07, 6.45) is 0. The first kappa shape index (κ1) is 28.7. The van der Waals surface area contributed by atoms with Gasteiger partial charge in [0.15, 0.2) is 0 Å². The number of nitrogens with two attached hydrogens (primary N) is 2. The molecule has 5 rings (SSSR count). The molecule has 0 saturated heterocycles. The van der Waals surface area contributed by atoms with Crippen molar-refractivity contribution in [2.75, 3.05) is 0 Å². The van der Waals surface area contributed by atoms with Crippen molar-refractivity contribution in [1.29, 1.82) is 10.8 Å². The molecule has 0 aliphatic heterocycles. The fourth-order valence-electron chi connectivity index (χ4n) is 3.41. The van der Waals surface area contributed by atoms with E-state index in [1.165, 1.54) is 0 Å². The van der Waals surface area contributed by atoms with E-state index in [4.69, 9.17) is 22.3 Å². The molecule has 0 atom stereocenters. The van der Waals surface area contributed by atoms with Crippen molar-refractivity contribution in [1.82, 2.24) is 19.9 Å². The van der Waals surface area contributed by atoms with Crippen molar-refractivity contribution in [2.45, 2.75) is 0 Å². The first-order chi connectivity index (χ1) is 14.5. The van der Waals surface area contributed by atoms with E-state index in [1.807, 2.05) is 48.5 Å². The quantitative estimate of drug-likeness (QED) is 0.140. The van der Waals surface area contributed by atoms with E-state index in [0.717, 1.165) is 44.8 Å². The zero-order valence-corrected chi connectivity index (χ0v) is 20.7. The predicted octanol–water partition coefficient (Wildman–Crippen LogP) is 5.03. The van der Waals surface area contributed by atoms with Crippen LogP contribution in [0.1, 0.15) is 11.1 Å². The number of amidine groups is 2. The van der Waals surface area contributed by atoms with Gasteiger partial charge >= 0.3 is 0 Å². The molecule has 2 heterocycles. The standard InChI is InChI=1S/C22H18N8.4ClH/c23-19(24)13-5-7-15-17(9-13)29-21(27-15)11-1-2-12(4-3-11)22-28-16-8-6-14(20(25)26)10-18(16)30-22;;;;/h1-10H,(H3,23,24)(H3,25,26)(H,27,29)(H,28,30);4*1H. The molecule has 34 heavy (non-hydrogen) atoms.